The van der Waals surface area contributed by atoms with Gasteiger partial charge in [0, 0.05) is 13.2 Å². The fraction of sp³-hybridized carbons (Fsp3) is 0.870. The first-order valence-corrected chi connectivity index (χ1v) is 11.3. The predicted molar refractivity (Wildman–Crippen MR) is 110 cm³/mol. The van der Waals surface area contributed by atoms with Crippen LogP contribution in [0.3, 0.4) is 0 Å². The van der Waals surface area contributed by atoms with E-state index < -0.39 is 0 Å². The van der Waals surface area contributed by atoms with Gasteiger partial charge >= 0.3 is 5.97 Å². The third-order valence-electron chi connectivity index (χ3n) is 7.41. The molecule has 0 unspecified atom stereocenters. The summed E-state index contributed by atoms with van der Waals surface area (Å²) in [6.07, 6.45) is 9.31. The van der Waals surface area contributed by atoms with Crippen molar-refractivity contribution in [3.8, 4) is 0 Å². The number of carbonyl (C=O) groups is 1. The number of nitrogens with one attached hydrogen (secondary N) is 1. The summed E-state index contributed by atoms with van der Waals surface area (Å²) >= 11 is 0. The highest BCUT2D eigenvalue weighted by atomic mass is 16.6. The highest BCUT2D eigenvalue weighted by molar-refractivity contribution is 5.72. The van der Waals surface area contributed by atoms with Gasteiger partial charge in [0.1, 0.15) is 23.4 Å². The van der Waals surface area contributed by atoms with Gasteiger partial charge in [0.25, 0.3) is 0 Å². The molecule has 4 fully saturated rings. The number of methoxy groups -OCH3 is 1. The van der Waals surface area contributed by atoms with Gasteiger partial charge in [0.2, 0.25) is 0 Å². The first kappa shape index (κ1) is 21.3. The van der Waals surface area contributed by atoms with Gasteiger partial charge in [-0.25, -0.2) is 0 Å². The molecule has 2 aliphatic heterocycles. The van der Waals surface area contributed by atoms with Gasteiger partial charge in [-0.3, -0.25) is 4.79 Å². The van der Waals surface area contributed by atoms with Crippen molar-refractivity contribution in [2.24, 2.45) is 5.92 Å². The van der Waals surface area contributed by atoms with Crippen LogP contribution in [0.5, 0.6) is 0 Å². The van der Waals surface area contributed by atoms with Crippen LogP contribution in [-0.2, 0) is 23.7 Å². The van der Waals surface area contributed by atoms with Crippen molar-refractivity contribution in [1.82, 2.24) is 5.32 Å². The molecule has 1 spiro atoms. The van der Waals surface area contributed by atoms with Crippen molar-refractivity contribution in [2.75, 3.05) is 20.3 Å². The zero-order valence-corrected chi connectivity index (χ0v) is 18.4. The SMILES string of the molecule is CO[C@@H]1[C@H](OC(=O)CNC2CCCC2)CC[C@]2(CO2)[C@H]1[C@@]1(C)O[C@@H]1CC=C(C)C. The fourth-order valence-electron chi connectivity index (χ4n) is 5.64. The molecule has 0 amide bonds. The molecule has 2 saturated carbocycles. The van der Waals surface area contributed by atoms with Gasteiger partial charge in [0.05, 0.1) is 25.2 Å². The molecule has 6 heteroatoms. The van der Waals surface area contributed by atoms with E-state index in [1.165, 1.54) is 18.4 Å². The molecule has 4 rings (SSSR count). The van der Waals surface area contributed by atoms with E-state index in [1.807, 2.05) is 0 Å². The summed E-state index contributed by atoms with van der Waals surface area (Å²) in [5.74, 6) is -0.108. The van der Waals surface area contributed by atoms with E-state index in [4.69, 9.17) is 18.9 Å². The summed E-state index contributed by atoms with van der Waals surface area (Å²) in [5.41, 5.74) is 0.824. The Kier molecular flexibility index (Phi) is 6.09. The second-order valence-electron chi connectivity index (χ2n) is 9.77. The van der Waals surface area contributed by atoms with E-state index >= 15 is 0 Å². The number of carbonyl (C=O) groups excluding carboxylic acids is 1. The number of allylic oxidation sites excluding steroid dienone is 1. The van der Waals surface area contributed by atoms with E-state index in [1.54, 1.807) is 7.11 Å². The molecule has 164 valence electrons. The molecule has 0 aromatic heterocycles. The smallest absolute Gasteiger partial charge is 0.320 e. The molecule has 0 aromatic carbocycles. The lowest BCUT2D eigenvalue weighted by atomic mass is 9.68. The van der Waals surface area contributed by atoms with E-state index in [0.717, 1.165) is 38.7 Å². The zero-order chi connectivity index (χ0) is 20.6. The van der Waals surface area contributed by atoms with Gasteiger partial charge in [-0.05, 0) is 52.9 Å². The number of hydrogen-bond donors (Lipinski definition) is 1. The Morgan fingerprint density at radius 2 is 1.97 bits per heavy atom. The number of ether oxygens (including phenoxy) is 4. The molecule has 0 bridgehead atoms. The number of hydrogen-bond acceptors (Lipinski definition) is 6. The Morgan fingerprint density at radius 1 is 1.24 bits per heavy atom. The summed E-state index contributed by atoms with van der Waals surface area (Å²) < 4.78 is 24.0. The summed E-state index contributed by atoms with van der Waals surface area (Å²) in [4.78, 5) is 12.5. The average Bonchev–Trinajstić information content (AvgIpc) is 3.52. The van der Waals surface area contributed by atoms with Gasteiger partial charge < -0.3 is 24.3 Å². The summed E-state index contributed by atoms with van der Waals surface area (Å²) in [7, 11) is 1.72. The number of esters is 1. The standard InChI is InChI=1S/C23H37NO5/c1-15(2)9-10-18-22(3,29-18)21-20(26-4)17(11-12-23(21)14-27-23)28-19(25)13-24-16-7-5-6-8-16/h9,16-18,20-21,24H,5-8,10-14H2,1-4H3/t17-,18-,20-,21-,22+,23+/m1/s1. The van der Waals surface area contributed by atoms with Crippen molar-refractivity contribution < 1.29 is 23.7 Å². The Labute approximate surface area is 174 Å². The highest BCUT2D eigenvalue weighted by Gasteiger charge is 2.72. The largest absolute Gasteiger partial charge is 0.459 e. The monoisotopic (exact) mass is 407 g/mol. The Hall–Kier alpha value is -0.950. The minimum absolute atomic E-state index is 0.0740. The molecule has 2 aliphatic carbocycles. The molecule has 2 saturated heterocycles. The third-order valence-corrected chi connectivity index (χ3v) is 7.41. The van der Waals surface area contributed by atoms with Crippen LogP contribution in [0.1, 0.15) is 65.7 Å². The first-order chi connectivity index (χ1) is 13.9. The van der Waals surface area contributed by atoms with Gasteiger partial charge in [-0.1, -0.05) is 24.5 Å². The molecule has 1 N–H and O–H groups in total. The zero-order valence-electron chi connectivity index (χ0n) is 18.4. The second kappa shape index (κ2) is 8.29. The normalized spacial score (nSPS) is 41.4. The quantitative estimate of drug-likeness (QED) is 0.379. The van der Waals surface area contributed by atoms with Crippen molar-refractivity contribution >= 4 is 5.97 Å². The lowest BCUT2D eigenvalue weighted by Crippen LogP contribution is -2.56. The number of epoxide rings is 2. The Morgan fingerprint density at radius 3 is 2.59 bits per heavy atom. The molecule has 6 atom stereocenters. The van der Waals surface area contributed by atoms with Crippen LogP contribution >= 0.6 is 0 Å². The van der Waals surface area contributed by atoms with Crippen LogP contribution in [-0.4, -0.2) is 61.8 Å². The van der Waals surface area contributed by atoms with Crippen molar-refractivity contribution in [3.05, 3.63) is 11.6 Å². The van der Waals surface area contributed by atoms with E-state index in [2.05, 4.69) is 32.2 Å². The molecule has 4 aliphatic rings. The van der Waals surface area contributed by atoms with Gasteiger partial charge in [-0.15, -0.1) is 0 Å². The Bertz CT molecular complexity index is 635. The van der Waals surface area contributed by atoms with Gasteiger partial charge in [-0.2, -0.15) is 0 Å². The topological polar surface area (TPSA) is 72.6 Å². The maximum Gasteiger partial charge on any atom is 0.320 e. The summed E-state index contributed by atoms with van der Waals surface area (Å²) in [6.45, 7) is 7.41. The van der Waals surface area contributed by atoms with Crippen molar-refractivity contribution in [3.63, 3.8) is 0 Å². The van der Waals surface area contributed by atoms with Gasteiger partial charge in [0.15, 0.2) is 0 Å². The fourth-order valence-corrected chi connectivity index (χ4v) is 5.64. The predicted octanol–water partition coefficient (Wildman–Crippen LogP) is 3.14. The van der Waals surface area contributed by atoms with Crippen LogP contribution in [0.25, 0.3) is 0 Å². The van der Waals surface area contributed by atoms with Crippen LogP contribution in [0.2, 0.25) is 0 Å². The molecule has 6 nitrogen and oxygen atoms in total. The minimum Gasteiger partial charge on any atom is -0.459 e. The average molecular weight is 408 g/mol. The molecular weight excluding hydrogens is 370 g/mol. The molecule has 0 radical (unpaired) electrons. The molecule has 0 aromatic rings. The Balaban J connectivity index is 1.40. The third kappa shape index (κ3) is 4.41. The molecule has 29 heavy (non-hydrogen) atoms. The lowest BCUT2D eigenvalue weighted by molar-refractivity contribution is -0.171. The van der Waals surface area contributed by atoms with Crippen LogP contribution < -0.4 is 5.32 Å². The molecular formula is C23H37NO5. The number of rotatable bonds is 8. The summed E-state index contributed by atoms with van der Waals surface area (Å²) in [5, 5.41) is 3.35. The van der Waals surface area contributed by atoms with Crippen molar-refractivity contribution in [1.29, 1.82) is 0 Å². The minimum atomic E-state index is -0.295. The van der Waals surface area contributed by atoms with E-state index in [0.29, 0.717) is 6.04 Å². The lowest BCUT2D eigenvalue weighted by Gasteiger charge is -2.42. The van der Waals surface area contributed by atoms with Crippen molar-refractivity contribution in [2.45, 2.75) is 101 Å². The van der Waals surface area contributed by atoms with E-state index in [9.17, 15) is 4.79 Å². The molecule has 2 heterocycles. The first-order valence-electron chi connectivity index (χ1n) is 11.3. The second-order valence-corrected chi connectivity index (χ2v) is 9.77. The highest BCUT2D eigenvalue weighted by Crippen LogP contribution is 2.59. The summed E-state index contributed by atoms with van der Waals surface area (Å²) in [6, 6.07) is 0.456. The van der Waals surface area contributed by atoms with E-state index in [-0.39, 0.29) is 47.9 Å². The maximum atomic E-state index is 12.5. The van der Waals surface area contributed by atoms with Crippen LogP contribution in [0, 0.1) is 5.92 Å². The van der Waals surface area contributed by atoms with Crippen LogP contribution in [0.15, 0.2) is 11.6 Å². The van der Waals surface area contributed by atoms with Crippen LogP contribution in [0.4, 0.5) is 0 Å². The maximum absolute atomic E-state index is 12.5.